The zero-order valence-corrected chi connectivity index (χ0v) is 15.4. The third-order valence-electron chi connectivity index (χ3n) is 4.61. The highest BCUT2D eigenvalue weighted by Gasteiger charge is 2.27. The van der Waals surface area contributed by atoms with Crippen LogP contribution >= 0.6 is 0 Å². The lowest BCUT2D eigenvalue weighted by atomic mass is 9.79. The third-order valence-corrected chi connectivity index (χ3v) is 4.61. The van der Waals surface area contributed by atoms with Crippen LogP contribution in [0.3, 0.4) is 0 Å². The first-order chi connectivity index (χ1) is 13.1. The molecule has 2 aromatic carbocycles. The molecule has 4 rings (SSSR count). The van der Waals surface area contributed by atoms with Crippen LogP contribution in [-0.2, 0) is 17.8 Å². The summed E-state index contributed by atoms with van der Waals surface area (Å²) in [5.41, 5.74) is 6.07. The van der Waals surface area contributed by atoms with Gasteiger partial charge in [-0.25, -0.2) is 4.98 Å². The summed E-state index contributed by atoms with van der Waals surface area (Å²) in [6, 6.07) is 14.1. The molecule has 0 bridgehead atoms. The molecule has 1 aliphatic rings. The van der Waals surface area contributed by atoms with E-state index in [9.17, 15) is 5.02 Å². The molecular formula is C20H21BN4O2. The van der Waals surface area contributed by atoms with Gasteiger partial charge in [-0.15, -0.1) is 0 Å². The summed E-state index contributed by atoms with van der Waals surface area (Å²) < 4.78 is 5.23. The second-order valence-corrected chi connectivity index (χ2v) is 6.77. The van der Waals surface area contributed by atoms with Gasteiger partial charge in [-0.3, -0.25) is 0 Å². The lowest BCUT2D eigenvalue weighted by molar-refractivity contribution is 0.275. The summed E-state index contributed by atoms with van der Waals surface area (Å²) in [6.45, 7) is 5.17. The minimum Gasteiger partial charge on any atom is -0.423 e. The van der Waals surface area contributed by atoms with E-state index in [2.05, 4.69) is 51.8 Å². The van der Waals surface area contributed by atoms with Crippen LogP contribution in [0.1, 0.15) is 22.3 Å². The van der Waals surface area contributed by atoms with Crippen molar-refractivity contribution in [1.29, 1.82) is 0 Å². The monoisotopic (exact) mass is 360 g/mol. The molecule has 7 heteroatoms. The minimum atomic E-state index is -0.831. The van der Waals surface area contributed by atoms with Gasteiger partial charge in [0.25, 0.3) is 0 Å². The van der Waals surface area contributed by atoms with Crippen molar-refractivity contribution in [2.24, 2.45) is 0 Å². The number of hydrogen-bond acceptors (Lipinski definition) is 6. The van der Waals surface area contributed by atoms with Crippen molar-refractivity contribution in [3.8, 4) is 0 Å². The summed E-state index contributed by atoms with van der Waals surface area (Å²) in [5.74, 6) is 1.32. The first-order valence-electron chi connectivity index (χ1n) is 8.91. The average molecular weight is 360 g/mol. The largest absolute Gasteiger partial charge is 0.491 e. The third kappa shape index (κ3) is 3.94. The molecule has 1 aromatic heterocycles. The molecule has 0 saturated heterocycles. The van der Waals surface area contributed by atoms with E-state index < -0.39 is 7.12 Å². The van der Waals surface area contributed by atoms with Crippen molar-refractivity contribution in [1.82, 2.24) is 9.97 Å². The van der Waals surface area contributed by atoms with Crippen molar-refractivity contribution in [3.05, 3.63) is 70.9 Å². The Balaban J connectivity index is 1.48. The van der Waals surface area contributed by atoms with Crippen LogP contribution in [0.4, 0.5) is 17.5 Å². The number of hydrogen-bond donors (Lipinski definition) is 3. The molecule has 0 amide bonds. The molecule has 0 unspecified atom stereocenters. The van der Waals surface area contributed by atoms with E-state index in [4.69, 9.17) is 4.65 Å². The van der Waals surface area contributed by atoms with E-state index in [0.29, 0.717) is 19.1 Å². The molecule has 6 nitrogen and oxygen atoms in total. The van der Waals surface area contributed by atoms with Crippen molar-refractivity contribution in [2.75, 3.05) is 10.6 Å². The van der Waals surface area contributed by atoms with Crippen LogP contribution < -0.4 is 16.1 Å². The fourth-order valence-corrected chi connectivity index (χ4v) is 3.01. The van der Waals surface area contributed by atoms with Crippen LogP contribution in [0.25, 0.3) is 0 Å². The molecular weight excluding hydrogens is 339 g/mol. The molecule has 2 heterocycles. The van der Waals surface area contributed by atoms with Gasteiger partial charge in [0.15, 0.2) is 0 Å². The van der Waals surface area contributed by atoms with Crippen LogP contribution in [0.15, 0.2) is 48.7 Å². The molecule has 27 heavy (non-hydrogen) atoms. The molecule has 1 aliphatic heterocycles. The second-order valence-electron chi connectivity index (χ2n) is 6.77. The van der Waals surface area contributed by atoms with Crippen LogP contribution in [0, 0.1) is 13.8 Å². The highest BCUT2D eigenvalue weighted by Crippen LogP contribution is 2.20. The molecule has 136 valence electrons. The Morgan fingerprint density at radius 1 is 1.15 bits per heavy atom. The minimum absolute atomic E-state index is 0.407. The number of fused-ring (bicyclic) bond motifs is 1. The summed E-state index contributed by atoms with van der Waals surface area (Å²) in [5, 5.41) is 16.3. The van der Waals surface area contributed by atoms with Crippen molar-refractivity contribution in [3.63, 3.8) is 0 Å². The first kappa shape index (κ1) is 17.5. The summed E-state index contributed by atoms with van der Waals surface area (Å²) >= 11 is 0. The summed E-state index contributed by atoms with van der Waals surface area (Å²) in [4.78, 5) is 8.96. The number of rotatable bonds is 5. The van der Waals surface area contributed by atoms with E-state index >= 15 is 0 Å². The van der Waals surface area contributed by atoms with Gasteiger partial charge in [0.05, 0.1) is 6.61 Å². The second kappa shape index (κ2) is 7.38. The van der Waals surface area contributed by atoms with E-state index in [1.54, 1.807) is 6.20 Å². The van der Waals surface area contributed by atoms with Gasteiger partial charge in [0.2, 0.25) is 5.95 Å². The molecule has 0 atom stereocenters. The quantitative estimate of drug-likeness (QED) is 0.607. The van der Waals surface area contributed by atoms with E-state index in [1.807, 2.05) is 25.1 Å². The van der Waals surface area contributed by atoms with Crippen LogP contribution in [-0.4, -0.2) is 22.1 Å². The summed E-state index contributed by atoms with van der Waals surface area (Å²) in [7, 11) is -0.831. The smallest absolute Gasteiger partial charge is 0.423 e. The Hall–Kier alpha value is -2.90. The predicted molar refractivity (Wildman–Crippen MR) is 107 cm³/mol. The van der Waals surface area contributed by atoms with Gasteiger partial charge in [-0.2, -0.15) is 4.98 Å². The normalized spacial score (nSPS) is 12.8. The van der Waals surface area contributed by atoms with Crippen molar-refractivity contribution < 1.29 is 9.68 Å². The maximum absolute atomic E-state index is 9.72. The Bertz CT molecular complexity index is 963. The van der Waals surface area contributed by atoms with Crippen LogP contribution in [0.2, 0.25) is 0 Å². The Kier molecular flexibility index (Phi) is 4.79. The number of aromatic nitrogens is 2. The van der Waals surface area contributed by atoms with E-state index in [-0.39, 0.29) is 0 Å². The fourth-order valence-electron chi connectivity index (χ4n) is 3.01. The molecule has 0 aliphatic carbocycles. The van der Waals surface area contributed by atoms with Gasteiger partial charge in [0, 0.05) is 24.0 Å². The highest BCUT2D eigenvalue weighted by atomic mass is 16.5. The molecule has 3 N–H and O–H groups in total. The van der Waals surface area contributed by atoms with Crippen molar-refractivity contribution >= 4 is 30.0 Å². The van der Waals surface area contributed by atoms with Gasteiger partial charge < -0.3 is 20.3 Å². The Labute approximate surface area is 158 Å². The van der Waals surface area contributed by atoms with E-state index in [1.165, 1.54) is 11.1 Å². The lowest BCUT2D eigenvalue weighted by Crippen LogP contribution is -2.27. The SMILES string of the molecule is Cc1ccc(CNc2nc(Nc3ccc4c(c3)COB4O)ncc2C)cc1. The fraction of sp³-hybridized carbons (Fsp3) is 0.200. The standard InChI is InChI=1S/C20H21BN4O2/c1-13-3-5-15(6-4-13)11-22-19-14(2)10-23-20(25-19)24-17-7-8-18-16(9-17)12-27-21(18)26/h3-10,26H,11-12H2,1-2H3,(H2,22,23,24,25). The molecule has 3 aromatic rings. The molecule has 0 radical (unpaired) electrons. The van der Waals surface area contributed by atoms with Gasteiger partial charge in [-0.05, 0) is 42.6 Å². The molecule has 0 spiro atoms. The topological polar surface area (TPSA) is 79.3 Å². The van der Waals surface area contributed by atoms with Gasteiger partial charge >= 0.3 is 7.12 Å². The average Bonchev–Trinajstić information content (AvgIpc) is 3.04. The van der Waals surface area contributed by atoms with Crippen molar-refractivity contribution in [2.45, 2.75) is 27.0 Å². The lowest BCUT2D eigenvalue weighted by Gasteiger charge is -2.12. The molecule has 0 fully saturated rings. The highest BCUT2D eigenvalue weighted by molar-refractivity contribution is 6.61. The Morgan fingerprint density at radius 3 is 2.78 bits per heavy atom. The number of benzene rings is 2. The summed E-state index contributed by atoms with van der Waals surface area (Å²) in [6.07, 6.45) is 1.80. The maximum Gasteiger partial charge on any atom is 0.491 e. The van der Waals surface area contributed by atoms with Gasteiger partial charge in [-0.1, -0.05) is 35.9 Å². The predicted octanol–water partition coefficient (Wildman–Crippen LogP) is 2.67. The molecule has 0 saturated carbocycles. The number of nitrogens with one attached hydrogen (secondary N) is 2. The first-order valence-corrected chi connectivity index (χ1v) is 8.91. The van der Waals surface area contributed by atoms with Crippen LogP contribution in [0.5, 0.6) is 0 Å². The van der Waals surface area contributed by atoms with Gasteiger partial charge in [0.1, 0.15) is 5.82 Å². The zero-order valence-electron chi connectivity index (χ0n) is 15.4. The maximum atomic E-state index is 9.72. The number of aryl methyl sites for hydroxylation is 2. The Morgan fingerprint density at radius 2 is 1.96 bits per heavy atom. The zero-order chi connectivity index (χ0) is 18.8. The number of anilines is 3. The number of nitrogens with zero attached hydrogens (tertiary/aromatic N) is 2. The van der Waals surface area contributed by atoms with E-state index in [0.717, 1.165) is 28.1 Å².